The quantitative estimate of drug-likeness (QED) is 0.701. The van der Waals surface area contributed by atoms with Crippen molar-refractivity contribution in [1.82, 2.24) is 4.90 Å². The molecule has 21 heavy (non-hydrogen) atoms. The highest BCUT2D eigenvalue weighted by Crippen LogP contribution is 2.38. The van der Waals surface area contributed by atoms with E-state index < -0.39 is 18.6 Å². The van der Waals surface area contributed by atoms with E-state index in [9.17, 15) is 14.8 Å². The van der Waals surface area contributed by atoms with E-state index in [1.165, 1.54) is 0 Å². The van der Waals surface area contributed by atoms with Crippen LogP contribution in [0.15, 0.2) is 24.3 Å². The number of hydrogen-bond acceptors (Lipinski definition) is 4. The van der Waals surface area contributed by atoms with Crippen LogP contribution in [0.4, 0.5) is 0 Å². The number of amides is 1. The Kier molecular flexibility index (Phi) is 3.77. The molecule has 1 saturated carbocycles. The predicted molar refractivity (Wildman–Crippen MR) is 79.9 cm³/mol. The smallest absolute Gasteiger partial charge is 0.426 e. The van der Waals surface area contributed by atoms with Crippen molar-refractivity contribution < 1.29 is 14.8 Å². The molecule has 1 aromatic rings. The first-order valence-electron chi connectivity index (χ1n) is 7.57. The standard InChI is InChI=1S/C15H21BN2O3/c17-15(8-4-1-5-9-15)14(19)18-10-11-6-2-3-7-12(11)13(18)16(20)21/h2-3,6-7,13,20-21H,1,4-5,8-10,17H2/t13-/m0/s1. The summed E-state index contributed by atoms with van der Waals surface area (Å²) in [5.74, 6) is -0.868. The lowest BCUT2D eigenvalue weighted by Gasteiger charge is -2.37. The minimum atomic E-state index is -1.59. The van der Waals surface area contributed by atoms with E-state index in [0.29, 0.717) is 19.4 Å². The monoisotopic (exact) mass is 288 g/mol. The van der Waals surface area contributed by atoms with Crippen molar-refractivity contribution in [1.29, 1.82) is 0 Å². The van der Waals surface area contributed by atoms with Crippen molar-refractivity contribution >= 4 is 13.0 Å². The number of nitrogens with zero attached hydrogens (tertiary/aromatic N) is 1. The number of carbonyl (C=O) groups is 1. The molecule has 1 amide bonds. The van der Waals surface area contributed by atoms with Crippen molar-refractivity contribution in [3.05, 3.63) is 35.4 Å². The van der Waals surface area contributed by atoms with Crippen molar-refractivity contribution in [2.24, 2.45) is 5.73 Å². The van der Waals surface area contributed by atoms with E-state index in [1.54, 1.807) is 4.90 Å². The van der Waals surface area contributed by atoms with Gasteiger partial charge in [0.15, 0.2) is 0 Å². The molecular formula is C15H21BN2O3. The Balaban J connectivity index is 1.90. The molecule has 6 heteroatoms. The summed E-state index contributed by atoms with van der Waals surface area (Å²) in [6.45, 7) is 0.399. The summed E-state index contributed by atoms with van der Waals surface area (Å²) in [4.78, 5) is 14.4. The number of fused-ring (bicyclic) bond motifs is 1. The molecule has 1 atom stereocenters. The lowest BCUT2D eigenvalue weighted by Crippen LogP contribution is -2.57. The third-order valence-corrected chi connectivity index (χ3v) is 4.77. The summed E-state index contributed by atoms with van der Waals surface area (Å²) in [7, 11) is -1.59. The Morgan fingerprint density at radius 2 is 1.90 bits per heavy atom. The van der Waals surface area contributed by atoms with Gasteiger partial charge in [0, 0.05) is 6.54 Å². The fourth-order valence-corrected chi connectivity index (χ4v) is 3.62. The van der Waals surface area contributed by atoms with Gasteiger partial charge in [-0.25, -0.2) is 0 Å². The second-order valence-corrected chi connectivity index (χ2v) is 6.21. The van der Waals surface area contributed by atoms with Crippen LogP contribution in [-0.2, 0) is 11.3 Å². The first kappa shape index (κ1) is 14.6. The summed E-state index contributed by atoms with van der Waals surface area (Å²) in [6.07, 6.45) is 4.36. The Hall–Kier alpha value is -1.37. The van der Waals surface area contributed by atoms with Crippen LogP contribution in [0.3, 0.4) is 0 Å². The highest BCUT2D eigenvalue weighted by Gasteiger charge is 2.47. The molecule has 1 aliphatic heterocycles. The highest BCUT2D eigenvalue weighted by atomic mass is 16.4. The summed E-state index contributed by atoms with van der Waals surface area (Å²) in [5.41, 5.74) is 7.24. The number of nitrogens with two attached hydrogens (primary N) is 1. The fourth-order valence-electron chi connectivity index (χ4n) is 3.62. The number of benzene rings is 1. The molecule has 0 unspecified atom stereocenters. The molecule has 1 heterocycles. The second-order valence-electron chi connectivity index (χ2n) is 6.21. The summed E-state index contributed by atoms with van der Waals surface area (Å²) in [6, 6.07) is 7.51. The average Bonchev–Trinajstić information content (AvgIpc) is 2.86. The van der Waals surface area contributed by atoms with Crippen molar-refractivity contribution in [3.63, 3.8) is 0 Å². The molecule has 0 spiro atoms. The molecular weight excluding hydrogens is 267 g/mol. The molecule has 1 fully saturated rings. The molecule has 1 aromatic carbocycles. The number of hydrogen-bond donors (Lipinski definition) is 3. The Bertz CT molecular complexity index is 543. The minimum Gasteiger partial charge on any atom is -0.426 e. The van der Waals surface area contributed by atoms with Crippen LogP contribution in [0.2, 0.25) is 0 Å². The maximum absolute atomic E-state index is 12.9. The highest BCUT2D eigenvalue weighted by molar-refractivity contribution is 6.43. The molecule has 3 rings (SSSR count). The fraction of sp³-hybridized carbons (Fsp3) is 0.533. The zero-order valence-electron chi connectivity index (χ0n) is 12.0. The third-order valence-electron chi connectivity index (χ3n) is 4.77. The normalized spacial score (nSPS) is 23.8. The van der Waals surface area contributed by atoms with Gasteiger partial charge in [0.1, 0.15) is 0 Å². The van der Waals surface area contributed by atoms with Gasteiger partial charge in [-0.05, 0) is 24.0 Å². The van der Waals surface area contributed by atoms with E-state index in [0.717, 1.165) is 30.4 Å². The summed E-state index contributed by atoms with van der Waals surface area (Å²) < 4.78 is 0. The Morgan fingerprint density at radius 3 is 2.57 bits per heavy atom. The van der Waals surface area contributed by atoms with Crippen LogP contribution in [-0.4, -0.2) is 33.5 Å². The largest absolute Gasteiger partial charge is 0.480 e. The lowest BCUT2D eigenvalue weighted by molar-refractivity contribution is -0.139. The van der Waals surface area contributed by atoms with E-state index in [2.05, 4.69) is 0 Å². The van der Waals surface area contributed by atoms with Crippen LogP contribution in [0.1, 0.15) is 49.2 Å². The zero-order chi connectivity index (χ0) is 15.0. The molecule has 0 bridgehead atoms. The summed E-state index contributed by atoms with van der Waals surface area (Å²) >= 11 is 0. The SMILES string of the molecule is NC1(C(=O)N2Cc3ccccc3[C@H]2B(O)O)CCCCC1. The molecule has 2 aliphatic rings. The van der Waals surface area contributed by atoms with Gasteiger partial charge in [-0.1, -0.05) is 43.5 Å². The molecule has 112 valence electrons. The first-order valence-corrected chi connectivity index (χ1v) is 7.57. The maximum Gasteiger partial charge on any atom is 0.480 e. The molecule has 1 aliphatic carbocycles. The molecule has 4 N–H and O–H groups in total. The van der Waals surface area contributed by atoms with E-state index in [-0.39, 0.29) is 5.91 Å². The van der Waals surface area contributed by atoms with Crippen LogP contribution < -0.4 is 5.73 Å². The number of rotatable bonds is 2. The predicted octanol–water partition coefficient (Wildman–Crippen LogP) is 0.743. The van der Waals surface area contributed by atoms with Crippen LogP contribution >= 0.6 is 0 Å². The first-order chi connectivity index (χ1) is 10.0. The molecule has 0 aromatic heterocycles. The van der Waals surface area contributed by atoms with Gasteiger partial charge in [0.05, 0.1) is 11.5 Å². The van der Waals surface area contributed by atoms with Crippen LogP contribution in [0, 0.1) is 0 Å². The van der Waals surface area contributed by atoms with Crippen molar-refractivity contribution in [3.8, 4) is 0 Å². The topological polar surface area (TPSA) is 86.8 Å². The maximum atomic E-state index is 12.9. The van der Waals surface area contributed by atoms with Gasteiger partial charge >= 0.3 is 7.12 Å². The third kappa shape index (κ3) is 2.48. The van der Waals surface area contributed by atoms with Gasteiger partial charge < -0.3 is 20.7 Å². The van der Waals surface area contributed by atoms with Gasteiger partial charge in [0.2, 0.25) is 5.91 Å². The van der Waals surface area contributed by atoms with E-state index in [4.69, 9.17) is 5.73 Å². The Labute approximate surface area is 124 Å². The van der Waals surface area contributed by atoms with E-state index in [1.807, 2.05) is 24.3 Å². The van der Waals surface area contributed by atoms with Gasteiger partial charge in [-0.3, -0.25) is 4.79 Å². The average molecular weight is 288 g/mol. The van der Waals surface area contributed by atoms with Gasteiger partial charge in [0.25, 0.3) is 0 Å². The van der Waals surface area contributed by atoms with Gasteiger partial charge in [-0.2, -0.15) is 0 Å². The van der Waals surface area contributed by atoms with Crippen molar-refractivity contribution in [2.75, 3.05) is 0 Å². The molecule has 0 radical (unpaired) electrons. The summed E-state index contributed by atoms with van der Waals surface area (Å²) in [5, 5.41) is 19.4. The van der Waals surface area contributed by atoms with Crippen molar-refractivity contribution in [2.45, 2.75) is 50.1 Å². The molecule has 5 nitrogen and oxygen atoms in total. The van der Waals surface area contributed by atoms with Crippen LogP contribution in [0.5, 0.6) is 0 Å². The van der Waals surface area contributed by atoms with Crippen LogP contribution in [0.25, 0.3) is 0 Å². The second kappa shape index (κ2) is 5.44. The number of carbonyl (C=O) groups excluding carboxylic acids is 1. The Morgan fingerprint density at radius 1 is 1.24 bits per heavy atom. The molecule has 0 saturated heterocycles. The minimum absolute atomic E-state index is 0.156. The lowest BCUT2D eigenvalue weighted by atomic mass is 9.74. The van der Waals surface area contributed by atoms with Gasteiger partial charge in [-0.15, -0.1) is 0 Å². The van der Waals surface area contributed by atoms with E-state index >= 15 is 0 Å². The zero-order valence-corrected chi connectivity index (χ0v) is 12.0.